The van der Waals surface area contributed by atoms with E-state index in [1.165, 1.54) is 22.9 Å². The number of carbonyl (C=O) groups is 1. The molecule has 0 aliphatic heterocycles. The number of carbonyl (C=O) groups excluding carboxylic acids is 1. The number of primary amides is 1. The van der Waals surface area contributed by atoms with Gasteiger partial charge in [-0.05, 0) is 56.7 Å². The Bertz CT molecular complexity index is 1320. The monoisotopic (exact) mass is 438 g/mol. The van der Waals surface area contributed by atoms with Gasteiger partial charge in [0, 0.05) is 28.7 Å². The lowest BCUT2D eigenvalue weighted by Crippen LogP contribution is -2.41. The van der Waals surface area contributed by atoms with Gasteiger partial charge < -0.3 is 11.1 Å². The third kappa shape index (κ3) is 3.82. The number of anilines is 2. The van der Waals surface area contributed by atoms with Gasteiger partial charge in [-0.15, -0.1) is 0 Å². The van der Waals surface area contributed by atoms with E-state index < -0.39 is 17.3 Å². The van der Waals surface area contributed by atoms with E-state index in [-0.39, 0.29) is 0 Å². The summed E-state index contributed by atoms with van der Waals surface area (Å²) in [5, 5.41) is 8.28. The average Bonchev–Trinajstić information content (AvgIpc) is 3.17. The molecule has 0 spiro atoms. The summed E-state index contributed by atoms with van der Waals surface area (Å²) in [5.74, 6) is -0.918. The van der Waals surface area contributed by atoms with Crippen molar-refractivity contribution < 1.29 is 9.18 Å². The van der Waals surface area contributed by atoms with Crippen molar-refractivity contribution in [3.63, 3.8) is 0 Å². The van der Waals surface area contributed by atoms with Crippen LogP contribution in [0.25, 0.3) is 22.3 Å². The summed E-state index contributed by atoms with van der Waals surface area (Å²) in [5.41, 5.74) is 8.69. The maximum atomic E-state index is 14.3. The van der Waals surface area contributed by atoms with Crippen molar-refractivity contribution in [2.75, 3.05) is 5.32 Å². The van der Waals surface area contributed by atoms with E-state index in [2.05, 4.69) is 20.4 Å². The maximum Gasteiger partial charge on any atom is 0.244 e. The zero-order valence-corrected chi connectivity index (χ0v) is 17.9. The molecule has 0 saturated heterocycles. The van der Waals surface area contributed by atoms with Crippen LogP contribution in [0.4, 0.5) is 15.8 Å². The number of halogens is 2. The van der Waals surface area contributed by atoms with Gasteiger partial charge in [0.15, 0.2) is 0 Å². The van der Waals surface area contributed by atoms with Gasteiger partial charge in [-0.2, -0.15) is 5.10 Å². The Morgan fingerprint density at radius 3 is 2.71 bits per heavy atom. The number of aromatic nitrogens is 4. The van der Waals surface area contributed by atoms with E-state index in [1.54, 1.807) is 44.6 Å². The number of nitrogens with one attached hydrogen (secondary N) is 1. The lowest BCUT2D eigenvalue weighted by atomic mass is 10.1. The maximum absolute atomic E-state index is 14.3. The number of pyridine rings is 2. The molecule has 0 saturated carbocycles. The van der Waals surface area contributed by atoms with Gasteiger partial charge >= 0.3 is 0 Å². The molecule has 0 aliphatic rings. The summed E-state index contributed by atoms with van der Waals surface area (Å²) < 4.78 is 15.8. The molecule has 31 heavy (non-hydrogen) atoms. The molecular formula is C22H20ClFN6O. The minimum atomic E-state index is -1.01. The van der Waals surface area contributed by atoms with Crippen LogP contribution in [0.5, 0.6) is 0 Å². The van der Waals surface area contributed by atoms with E-state index in [9.17, 15) is 9.18 Å². The first-order valence-corrected chi connectivity index (χ1v) is 9.88. The van der Waals surface area contributed by atoms with Crippen LogP contribution in [0.2, 0.25) is 5.02 Å². The van der Waals surface area contributed by atoms with E-state index in [0.29, 0.717) is 33.0 Å². The van der Waals surface area contributed by atoms with Crippen LogP contribution in [0.3, 0.4) is 0 Å². The Kier molecular flexibility index (Phi) is 5.10. The second-order valence-electron chi connectivity index (χ2n) is 7.72. The summed E-state index contributed by atoms with van der Waals surface area (Å²) in [6, 6.07) is 7.87. The van der Waals surface area contributed by atoms with E-state index >= 15 is 0 Å². The van der Waals surface area contributed by atoms with Gasteiger partial charge in [-0.3, -0.25) is 19.4 Å². The number of nitrogens with two attached hydrogens (primary N) is 1. The second-order valence-corrected chi connectivity index (χ2v) is 8.16. The Balaban J connectivity index is 1.77. The Morgan fingerprint density at radius 2 is 1.97 bits per heavy atom. The van der Waals surface area contributed by atoms with Crippen LogP contribution in [-0.2, 0) is 10.3 Å². The number of fused-ring (bicyclic) bond motifs is 1. The smallest absolute Gasteiger partial charge is 0.244 e. The number of benzene rings is 1. The largest absolute Gasteiger partial charge is 0.368 e. The third-order valence-corrected chi connectivity index (χ3v) is 5.39. The standard InChI is InChI=1S/C22H20ClFN6O/c1-12-10-27-18(14-8-13(23)4-5-15(14)24)9-17(12)28-16-6-7-26-19-11-30(29-20(16)19)22(2,3)21(25)31/h4-11H,1-3H3,(H2,25,31)(H,27,28). The van der Waals surface area contributed by atoms with Crippen molar-refractivity contribution in [3.05, 3.63) is 65.3 Å². The normalized spacial score (nSPS) is 11.6. The molecule has 0 bridgehead atoms. The molecule has 1 aromatic carbocycles. The molecule has 4 aromatic rings. The fraction of sp³-hybridized carbons (Fsp3) is 0.182. The van der Waals surface area contributed by atoms with Crippen molar-refractivity contribution in [1.82, 2.24) is 19.7 Å². The Labute approximate surface area is 183 Å². The van der Waals surface area contributed by atoms with Crippen molar-refractivity contribution in [3.8, 4) is 11.3 Å². The molecule has 0 atom stereocenters. The molecule has 0 radical (unpaired) electrons. The number of nitrogens with zero attached hydrogens (tertiary/aromatic N) is 4. The number of hydrogen-bond donors (Lipinski definition) is 2. The second kappa shape index (κ2) is 7.63. The third-order valence-electron chi connectivity index (χ3n) is 5.16. The van der Waals surface area contributed by atoms with Crippen LogP contribution >= 0.6 is 11.6 Å². The highest BCUT2D eigenvalue weighted by Crippen LogP contribution is 2.31. The zero-order chi connectivity index (χ0) is 22.3. The molecule has 0 aliphatic carbocycles. The summed E-state index contributed by atoms with van der Waals surface area (Å²) >= 11 is 6.03. The number of amides is 1. The lowest BCUT2D eigenvalue weighted by molar-refractivity contribution is -0.125. The molecule has 158 valence electrons. The minimum Gasteiger partial charge on any atom is -0.368 e. The van der Waals surface area contributed by atoms with Gasteiger partial charge in [0.1, 0.15) is 22.4 Å². The topological polar surface area (TPSA) is 98.7 Å². The highest BCUT2D eigenvalue weighted by molar-refractivity contribution is 6.30. The van der Waals surface area contributed by atoms with Crippen LogP contribution in [0.15, 0.2) is 48.9 Å². The van der Waals surface area contributed by atoms with E-state index in [1.807, 2.05) is 6.92 Å². The predicted octanol–water partition coefficient (Wildman–Crippen LogP) is 4.56. The molecule has 4 rings (SSSR count). The first-order valence-electron chi connectivity index (χ1n) is 9.50. The fourth-order valence-electron chi connectivity index (χ4n) is 3.07. The number of hydrogen-bond acceptors (Lipinski definition) is 5. The van der Waals surface area contributed by atoms with Crippen LogP contribution in [-0.4, -0.2) is 25.7 Å². The van der Waals surface area contributed by atoms with Crippen LogP contribution in [0.1, 0.15) is 19.4 Å². The molecule has 0 fully saturated rings. The summed E-state index contributed by atoms with van der Waals surface area (Å²) in [4.78, 5) is 20.5. The molecule has 3 heterocycles. The molecule has 9 heteroatoms. The van der Waals surface area contributed by atoms with Gasteiger partial charge in [0.25, 0.3) is 0 Å². The quantitative estimate of drug-likeness (QED) is 0.476. The van der Waals surface area contributed by atoms with E-state index in [0.717, 1.165) is 11.3 Å². The van der Waals surface area contributed by atoms with Gasteiger partial charge in [-0.1, -0.05) is 11.6 Å². The lowest BCUT2D eigenvalue weighted by Gasteiger charge is -2.20. The van der Waals surface area contributed by atoms with Gasteiger partial charge in [0.05, 0.1) is 17.6 Å². The van der Waals surface area contributed by atoms with Crippen molar-refractivity contribution in [1.29, 1.82) is 0 Å². The highest BCUT2D eigenvalue weighted by atomic mass is 35.5. The van der Waals surface area contributed by atoms with Crippen LogP contribution < -0.4 is 11.1 Å². The molecular weight excluding hydrogens is 419 g/mol. The first-order chi connectivity index (χ1) is 14.7. The van der Waals surface area contributed by atoms with Crippen molar-refractivity contribution >= 4 is 39.9 Å². The Hall–Kier alpha value is -3.52. The fourth-order valence-corrected chi connectivity index (χ4v) is 3.24. The summed E-state index contributed by atoms with van der Waals surface area (Å²) in [6.45, 7) is 5.26. The van der Waals surface area contributed by atoms with Gasteiger partial charge in [0.2, 0.25) is 5.91 Å². The highest BCUT2D eigenvalue weighted by Gasteiger charge is 2.29. The van der Waals surface area contributed by atoms with Crippen molar-refractivity contribution in [2.45, 2.75) is 26.3 Å². The number of aryl methyl sites for hydroxylation is 1. The Morgan fingerprint density at radius 1 is 1.19 bits per heavy atom. The van der Waals surface area contributed by atoms with Crippen LogP contribution in [0, 0.1) is 12.7 Å². The zero-order valence-electron chi connectivity index (χ0n) is 17.1. The molecule has 0 unspecified atom stereocenters. The SMILES string of the molecule is Cc1cnc(-c2cc(Cl)ccc2F)cc1Nc1ccnc2cn(C(C)(C)C(N)=O)nc12. The van der Waals surface area contributed by atoms with E-state index in [4.69, 9.17) is 17.3 Å². The molecule has 3 N–H and O–H groups in total. The first kappa shape index (κ1) is 20.7. The average molecular weight is 439 g/mol. The predicted molar refractivity (Wildman–Crippen MR) is 119 cm³/mol. The van der Waals surface area contributed by atoms with Crippen molar-refractivity contribution in [2.24, 2.45) is 5.73 Å². The summed E-state index contributed by atoms with van der Waals surface area (Å²) in [6.07, 6.45) is 4.98. The number of rotatable bonds is 5. The molecule has 1 amide bonds. The molecule has 3 aromatic heterocycles. The summed E-state index contributed by atoms with van der Waals surface area (Å²) in [7, 11) is 0. The minimum absolute atomic E-state index is 0.308. The van der Waals surface area contributed by atoms with Gasteiger partial charge in [-0.25, -0.2) is 4.39 Å². The molecule has 7 nitrogen and oxygen atoms in total.